The predicted octanol–water partition coefficient (Wildman–Crippen LogP) is 2.34. The fraction of sp³-hybridized carbons (Fsp3) is 0.846. The molecule has 0 aromatic carbocycles. The van der Waals surface area contributed by atoms with Crippen molar-refractivity contribution in [2.45, 2.75) is 51.5 Å². The molecule has 0 aliphatic carbocycles. The van der Waals surface area contributed by atoms with Gasteiger partial charge in [-0.15, -0.1) is 0 Å². The van der Waals surface area contributed by atoms with Crippen LogP contribution in [0.25, 0.3) is 0 Å². The maximum absolute atomic E-state index is 11.8. The third-order valence-corrected chi connectivity index (χ3v) is 3.24. The Morgan fingerprint density at radius 1 is 1.39 bits per heavy atom. The Balaban J connectivity index is 2.34. The van der Waals surface area contributed by atoms with Gasteiger partial charge >= 0.3 is 12.1 Å². The van der Waals surface area contributed by atoms with E-state index in [9.17, 15) is 9.59 Å². The van der Waals surface area contributed by atoms with E-state index in [1.54, 1.807) is 4.90 Å². The minimum atomic E-state index is -0.240. The largest absolute Gasteiger partial charge is 0.469 e. The van der Waals surface area contributed by atoms with Crippen LogP contribution in [0.1, 0.15) is 45.4 Å². The Kier molecular flexibility index (Phi) is 6.54. The van der Waals surface area contributed by atoms with Crippen LogP contribution in [0.5, 0.6) is 0 Å². The molecular weight excluding hydrogens is 234 g/mol. The second-order valence-corrected chi connectivity index (χ2v) is 4.57. The van der Waals surface area contributed by atoms with Crippen molar-refractivity contribution >= 4 is 12.1 Å². The normalized spacial score (nSPS) is 18.8. The van der Waals surface area contributed by atoms with Gasteiger partial charge in [-0.2, -0.15) is 0 Å². The minimum Gasteiger partial charge on any atom is -0.469 e. The van der Waals surface area contributed by atoms with Crippen molar-refractivity contribution in [1.29, 1.82) is 0 Å². The molecule has 1 amide bonds. The van der Waals surface area contributed by atoms with Crippen molar-refractivity contribution in [2.75, 3.05) is 20.3 Å². The number of methoxy groups -OCH3 is 1. The van der Waals surface area contributed by atoms with E-state index >= 15 is 0 Å². The fourth-order valence-corrected chi connectivity index (χ4v) is 2.15. The number of ether oxygens (including phenoxy) is 2. The topological polar surface area (TPSA) is 55.8 Å². The van der Waals surface area contributed by atoms with Gasteiger partial charge < -0.3 is 14.4 Å². The molecule has 1 unspecified atom stereocenters. The van der Waals surface area contributed by atoms with Crippen molar-refractivity contribution in [3.8, 4) is 0 Å². The van der Waals surface area contributed by atoms with Crippen LogP contribution in [-0.4, -0.2) is 43.3 Å². The first-order valence-corrected chi connectivity index (χ1v) is 6.69. The summed E-state index contributed by atoms with van der Waals surface area (Å²) in [6.45, 7) is 3.27. The molecule has 5 heteroatoms. The molecule has 1 fully saturated rings. The first kappa shape index (κ1) is 14.8. The molecule has 0 bridgehead atoms. The number of unbranched alkanes of at least 4 members (excludes halogenated alkanes) is 1. The smallest absolute Gasteiger partial charge is 0.410 e. The molecule has 0 spiro atoms. The molecule has 1 rings (SSSR count). The lowest BCUT2D eigenvalue weighted by Gasteiger charge is -2.23. The highest BCUT2D eigenvalue weighted by atomic mass is 16.6. The maximum Gasteiger partial charge on any atom is 0.410 e. The van der Waals surface area contributed by atoms with Gasteiger partial charge in [0.1, 0.15) is 0 Å². The Morgan fingerprint density at radius 2 is 2.17 bits per heavy atom. The maximum atomic E-state index is 11.8. The van der Waals surface area contributed by atoms with Crippen LogP contribution in [0.2, 0.25) is 0 Å². The van der Waals surface area contributed by atoms with Gasteiger partial charge in [-0.25, -0.2) is 4.79 Å². The zero-order valence-corrected chi connectivity index (χ0v) is 11.3. The zero-order valence-electron chi connectivity index (χ0n) is 11.3. The molecule has 5 nitrogen and oxygen atoms in total. The summed E-state index contributed by atoms with van der Waals surface area (Å²) in [6.07, 6.45) is 4.62. The molecule has 1 heterocycles. The number of rotatable bonds is 6. The number of carbonyl (C=O) groups excluding carboxylic acids is 2. The number of esters is 1. The molecule has 1 aliphatic rings. The van der Waals surface area contributed by atoms with Crippen LogP contribution < -0.4 is 0 Å². The average Bonchev–Trinajstić information content (AvgIpc) is 2.84. The van der Waals surface area contributed by atoms with Crippen molar-refractivity contribution in [2.24, 2.45) is 0 Å². The third-order valence-electron chi connectivity index (χ3n) is 3.24. The van der Waals surface area contributed by atoms with E-state index in [0.29, 0.717) is 19.4 Å². The monoisotopic (exact) mass is 257 g/mol. The van der Waals surface area contributed by atoms with E-state index in [1.807, 2.05) is 0 Å². The van der Waals surface area contributed by atoms with E-state index < -0.39 is 0 Å². The van der Waals surface area contributed by atoms with E-state index in [2.05, 4.69) is 11.7 Å². The second kappa shape index (κ2) is 7.95. The van der Waals surface area contributed by atoms with Crippen LogP contribution in [0, 0.1) is 0 Å². The summed E-state index contributed by atoms with van der Waals surface area (Å²) in [5.74, 6) is -0.221. The molecule has 1 saturated heterocycles. The van der Waals surface area contributed by atoms with E-state index in [1.165, 1.54) is 7.11 Å². The first-order valence-electron chi connectivity index (χ1n) is 6.69. The summed E-state index contributed by atoms with van der Waals surface area (Å²) in [6, 6.07) is 0.123. The lowest BCUT2D eigenvalue weighted by atomic mass is 10.1. The van der Waals surface area contributed by atoms with Crippen LogP contribution in [-0.2, 0) is 14.3 Å². The number of carbonyl (C=O) groups is 2. The number of nitrogens with zero attached hydrogens (tertiary/aromatic N) is 1. The van der Waals surface area contributed by atoms with Gasteiger partial charge in [0.25, 0.3) is 0 Å². The van der Waals surface area contributed by atoms with Gasteiger partial charge in [0.2, 0.25) is 0 Å². The number of amides is 1. The van der Waals surface area contributed by atoms with Crippen molar-refractivity contribution in [3.63, 3.8) is 0 Å². The molecule has 0 aromatic rings. The van der Waals surface area contributed by atoms with E-state index in [-0.39, 0.29) is 18.1 Å². The van der Waals surface area contributed by atoms with Gasteiger partial charge in [-0.3, -0.25) is 4.79 Å². The Bertz CT molecular complexity index is 280. The van der Waals surface area contributed by atoms with Gasteiger partial charge in [-0.1, -0.05) is 13.3 Å². The van der Waals surface area contributed by atoms with Crippen molar-refractivity contribution in [1.82, 2.24) is 4.90 Å². The summed E-state index contributed by atoms with van der Waals surface area (Å²) < 4.78 is 9.81. The summed E-state index contributed by atoms with van der Waals surface area (Å²) in [7, 11) is 1.38. The van der Waals surface area contributed by atoms with E-state index in [0.717, 1.165) is 32.2 Å². The van der Waals surface area contributed by atoms with Gasteiger partial charge in [0.15, 0.2) is 0 Å². The number of hydrogen-bond donors (Lipinski definition) is 0. The van der Waals surface area contributed by atoms with Crippen LogP contribution in [0.4, 0.5) is 4.79 Å². The molecule has 0 saturated carbocycles. The number of likely N-dealkylation sites (tertiary alicyclic amines) is 1. The Morgan fingerprint density at radius 3 is 2.83 bits per heavy atom. The van der Waals surface area contributed by atoms with Gasteiger partial charge in [-0.05, 0) is 25.7 Å². The highest BCUT2D eigenvalue weighted by Crippen LogP contribution is 2.22. The molecule has 0 N–H and O–H groups in total. The summed E-state index contributed by atoms with van der Waals surface area (Å²) >= 11 is 0. The third kappa shape index (κ3) is 4.55. The average molecular weight is 257 g/mol. The Labute approximate surface area is 108 Å². The van der Waals surface area contributed by atoms with Crippen LogP contribution in [0.15, 0.2) is 0 Å². The molecular formula is C13H23NO4. The summed E-state index contributed by atoms with van der Waals surface area (Å²) in [5, 5.41) is 0. The summed E-state index contributed by atoms with van der Waals surface area (Å²) in [4.78, 5) is 24.7. The minimum absolute atomic E-state index is 0.123. The molecule has 1 atom stereocenters. The zero-order chi connectivity index (χ0) is 13.4. The highest BCUT2D eigenvalue weighted by molar-refractivity contribution is 5.70. The van der Waals surface area contributed by atoms with Gasteiger partial charge in [0.05, 0.1) is 13.7 Å². The molecule has 18 heavy (non-hydrogen) atoms. The quantitative estimate of drug-likeness (QED) is 0.541. The van der Waals surface area contributed by atoms with Crippen LogP contribution in [0.3, 0.4) is 0 Å². The van der Waals surface area contributed by atoms with Crippen molar-refractivity contribution < 1.29 is 19.1 Å². The molecule has 1 aliphatic heterocycles. The lowest BCUT2D eigenvalue weighted by Crippen LogP contribution is -2.36. The van der Waals surface area contributed by atoms with Gasteiger partial charge in [0, 0.05) is 19.0 Å². The number of hydrogen-bond acceptors (Lipinski definition) is 4. The lowest BCUT2D eigenvalue weighted by molar-refractivity contribution is -0.140. The van der Waals surface area contributed by atoms with Crippen LogP contribution >= 0.6 is 0 Å². The first-order chi connectivity index (χ1) is 8.69. The fourth-order valence-electron chi connectivity index (χ4n) is 2.15. The van der Waals surface area contributed by atoms with Crippen molar-refractivity contribution in [3.05, 3.63) is 0 Å². The SMILES string of the molecule is CCCCOC(=O)N1CCCC1CCC(=O)OC. The summed E-state index contributed by atoms with van der Waals surface area (Å²) in [5.41, 5.74) is 0. The second-order valence-electron chi connectivity index (χ2n) is 4.57. The molecule has 104 valence electrons. The Hall–Kier alpha value is -1.26. The predicted molar refractivity (Wildman–Crippen MR) is 67.2 cm³/mol. The standard InChI is InChI=1S/C13H23NO4/c1-3-4-10-18-13(16)14-9-5-6-11(14)7-8-12(15)17-2/h11H,3-10H2,1-2H3. The molecule has 0 aromatic heterocycles. The highest BCUT2D eigenvalue weighted by Gasteiger charge is 2.29. The molecule has 0 radical (unpaired) electrons. The van der Waals surface area contributed by atoms with E-state index in [4.69, 9.17) is 4.74 Å².